The van der Waals surface area contributed by atoms with Gasteiger partial charge >= 0.3 is 0 Å². The van der Waals surface area contributed by atoms with Gasteiger partial charge in [0.1, 0.15) is 5.76 Å². The van der Waals surface area contributed by atoms with Crippen LogP contribution in [0, 0.1) is 6.92 Å². The van der Waals surface area contributed by atoms with E-state index in [1.165, 1.54) is 0 Å². The summed E-state index contributed by atoms with van der Waals surface area (Å²) in [5.74, 6) is 1.33. The van der Waals surface area contributed by atoms with Crippen LogP contribution in [0.25, 0.3) is 11.3 Å². The van der Waals surface area contributed by atoms with Crippen LogP contribution in [0.5, 0.6) is 0 Å². The minimum Gasteiger partial charge on any atom is -0.441 e. The number of aryl methyl sites for hydroxylation is 1. The summed E-state index contributed by atoms with van der Waals surface area (Å²) >= 11 is 0. The van der Waals surface area contributed by atoms with Crippen LogP contribution in [-0.2, 0) is 0 Å². The molecule has 0 spiro atoms. The molecule has 2 heteroatoms. The van der Waals surface area contributed by atoms with Crippen LogP contribution in [0.1, 0.15) is 5.56 Å². The van der Waals surface area contributed by atoms with Gasteiger partial charge in [-0.25, -0.2) is 0 Å². The molecule has 1 aromatic carbocycles. The minimum absolute atomic E-state index is 0.499. The molecule has 2 aromatic rings. The zero-order chi connectivity index (χ0) is 9.26. The second-order valence-corrected chi connectivity index (χ2v) is 3.02. The predicted octanol–water partition coefficient (Wildman–Crippen LogP) is 2.84. The Morgan fingerprint density at radius 3 is 2.38 bits per heavy atom. The number of rotatable bonds is 1. The van der Waals surface area contributed by atoms with E-state index in [4.69, 9.17) is 10.2 Å². The summed E-state index contributed by atoms with van der Waals surface area (Å²) in [6.07, 6.45) is 0. The van der Waals surface area contributed by atoms with Gasteiger partial charge in [-0.3, -0.25) is 0 Å². The number of furan rings is 1. The van der Waals surface area contributed by atoms with Gasteiger partial charge in [0, 0.05) is 11.1 Å². The summed E-state index contributed by atoms with van der Waals surface area (Å²) in [6.45, 7) is 1.94. The lowest BCUT2D eigenvalue weighted by molar-refractivity contribution is 0.601. The predicted molar refractivity (Wildman–Crippen MR) is 53.3 cm³/mol. The van der Waals surface area contributed by atoms with Crippen molar-refractivity contribution in [2.75, 3.05) is 5.73 Å². The van der Waals surface area contributed by atoms with Crippen LogP contribution in [0.3, 0.4) is 0 Å². The second-order valence-electron chi connectivity index (χ2n) is 3.02. The van der Waals surface area contributed by atoms with Crippen LogP contribution in [0.15, 0.2) is 40.8 Å². The van der Waals surface area contributed by atoms with Crippen LogP contribution >= 0.6 is 0 Å². The highest BCUT2D eigenvalue weighted by molar-refractivity contribution is 5.61. The fourth-order valence-electron chi connectivity index (χ4n) is 1.24. The average Bonchev–Trinajstić information content (AvgIpc) is 2.49. The van der Waals surface area contributed by atoms with E-state index in [-0.39, 0.29) is 0 Å². The van der Waals surface area contributed by atoms with Crippen LogP contribution in [0.4, 0.5) is 5.88 Å². The number of hydrogen-bond donors (Lipinski definition) is 1. The first-order valence-electron chi connectivity index (χ1n) is 4.18. The highest BCUT2D eigenvalue weighted by Crippen LogP contribution is 2.26. The zero-order valence-electron chi connectivity index (χ0n) is 7.45. The second kappa shape index (κ2) is 2.98. The van der Waals surface area contributed by atoms with Gasteiger partial charge in [0.25, 0.3) is 0 Å². The normalized spacial score (nSPS) is 10.2. The summed E-state index contributed by atoms with van der Waals surface area (Å²) in [4.78, 5) is 0. The molecular weight excluding hydrogens is 162 g/mol. The van der Waals surface area contributed by atoms with Crippen LogP contribution in [-0.4, -0.2) is 0 Å². The number of anilines is 1. The quantitative estimate of drug-likeness (QED) is 0.720. The SMILES string of the molecule is Cc1cc(-c2ccccc2)oc1N. The zero-order valence-corrected chi connectivity index (χ0v) is 7.45. The lowest BCUT2D eigenvalue weighted by atomic mass is 10.1. The van der Waals surface area contributed by atoms with Gasteiger partial charge in [0.05, 0.1) is 0 Å². The highest BCUT2D eigenvalue weighted by Gasteiger charge is 2.04. The molecule has 0 radical (unpaired) electrons. The largest absolute Gasteiger partial charge is 0.441 e. The molecule has 66 valence electrons. The molecule has 13 heavy (non-hydrogen) atoms. The van der Waals surface area contributed by atoms with Crippen molar-refractivity contribution >= 4 is 5.88 Å². The third-order valence-corrected chi connectivity index (χ3v) is 2.01. The van der Waals surface area contributed by atoms with Crippen molar-refractivity contribution in [1.29, 1.82) is 0 Å². The first kappa shape index (κ1) is 7.92. The first-order valence-corrected chi connectivity index (χ1v) is 4.18. The van der Waals surface area contributed by atoms with Crippen molar-refractivity contribution in [2.45, 2.75) is 6.92 Å². The maximum atomic E-state index is 5.61. The number of benzene rings is 1. The molecule has 0 fully saturated rings. The Balaban J connectivity index is 2.48. The molecule has 0 saturated heterocycles. The smallest absolute Gasteiger partial charge is 0.193 e. The van der Waals surface area contributed by atoms with Crippen molar-refractivity contribution < 1.29 is 4.42 Å². The topological polar surface area (TPSA) is 39.2 Å². The third kappa shape index (κ3) is 1.43. The molecule has 2 rings (SSSR count). The van der Waals surface area contributed by atoms with E-state index in [9.17, 15) is 0 Å². The molecule has 0 aliphatic rings. The van der Waals surface area contributed by atoms with E-state index < -0.39 is 0 Å². The van der Waals surface area contributed by atoms with E-state index in [1.807, 2.05) is 43.3 Å². The summed E-state index contributed by atoms with van der Waals surface area (Å²) < 4.78 is 5.38. The molecule has 2 nitrogen and oxygen atoms in total. The van der Waals surface area contributed by atoms with Gasteiger partial charge in [-0.05, 0) is 13.0 Å². The molecule has 2 N–H and O–H groups in total. The summed E-state index contributed by atoms with van der Waals surface area (Å²) in [5, 5.41) is 0. The van der Waals surface area contributed by atoms with Crippen molar-refractivity contribution in [2.24, 2.45) is 0 Å². The Bertz CT molecular complexity index is 384. The van der Waals surface area contributed by atoms with E-state index in [1.54, 1.807) is 0 Å². The number of nitrogens with two attached hydrogens (primary N) is 1. The molecule has 0 unspecified atom stereocenters. The molecule has 0 amide bonds. The summed E-state index contributed by atoms with van der Waals surface area (Å²) in [7, 11) is 0. The van der Waals surface area contributed by atoms with Crippen molar-refractivity contribution in [3.63, 3.8) is 0 Å². The third-order valence-electron chi connectivity index (χ3n) is 2.01. The Morgan fingerprint density at radius 2 is 1.85 bits per heavy atom. The van der Waals surface area contributed by atoms with Gasteiger partial charge in [-0.1, -0.05) is 30.3 Å². The molecule has 0 bridgehead atoms. The van der Waals surface area contributed by atoms with E-state index in [0.29, 0.717) is 5.88 Å². The molecular formula is C11H11NO. The molecule has 0 aliphatic carbocycles. The summed E-state index contributed by atoms with van der Waals surface area (Å²) in [5.41, 5.74) is 7.65. The number of hydrogen-bond acceptors (Lipinski definition) is 2. The fourth-order valence-corrected chi connectivity index (χ4v) is 1.24. The first-order chi connectivity index (χ1) is 6.27. The van der Waals surface area contributed by atoms with Crippen molar-refractivity contribution in [3.05, 3.63) is 42.0 Å². The maximum absolute atomic E-state index is 5.61. The molecule has 0 saturated carbocycles. The molecule has 0 atom stereocenters. The minimum atomic E-state index is 0.499. The Labute approximate surface area is 77.0 Å². The molecule has 1 aromatic heterocycles. The van der Waals surface area contributed by atoms with Crippen molar-refractivity contribution in [3.8, 4) is 11.3 Å². The highest BCUT2D eigenvalue weighted by atomic mass is 16.4. The average molecular weight is 173 g/mol. The molecule has 0 aliphatic heterocycles. The Kier molecular flexibility index (Phi) is 1.81. The van der Waals surface area contributed by atoms with E-state index in [2.05, 4.69) is 0 Å². The van der Waals surface area contributed by atoms with Crippen molar-refractivity contribution in [1.82, 2.24) is 0 Å². The van der Waals surface area contributed by atoms with Crippen LogP contribution < -0.4 is 5.73 Å². The lowest BCUT2D eigenvalue weighted by Gasteiger charge is -1.93. The van der Waals surface area contributed by atoms with Gasteiger partial charge in [0.2, 0.25) is 0 Å². The number of nitrogen functional groups attached to an aromatic ring is 1. The maximum Gasteiger partial charge on any atom is 0.193 e. The van der Waals surface area contributed by atoms with Gasteiger partial charge < -0.3 is 10.2 Å². The Morgan fingerprint density at radius 1 is 1.15 bits per heavy atom. The monoisotopic (exact) mass is 173 g/mol. The van der Waals surface area contributed by atoms with E-state index in [0.717, 1.165) is 16.9 Å². The molecule has 1 heterocycles. The standard InChI is InChI=1S/C11H11NO/c1-8-7-10(13-11(8)12)9-5-3-2-4-6-9/h2-7H,12H2,1H3. The lowest BCUT2D eigenvalue weighted by Crippen LogP contribution is -1.80. The van der Waals surface area contributed by atoms with E-state index >= 15 is 0 Å². The summed E-state index contributed by atoms with van der Waals surface area (Å²) in [6, 6.07) is 11.9. The van der Waals surface area contributed by atoms with Gasteiger partial charge in [-0.15, -0.1) is 0 Å². The fraction of sp³-hybridized carbons (Fsp3) is 0.0909. The Hall–Kier alpha value is -1.70. The van der Waals surface area contributed by atoms with Gasteiger partial charge in [0.15, 0.2) is 5.88 Å². The van der Waals surface area contributed by atoms with Crippen LogP contribution in [0.2, 0.25) is 0 Å². The van der Waals surface area contributed by atoms with Gasteiger partial charge in [-0.2, -0.15) is 0 Å².